The minimum atomic E-state index is -0.444. The maximum absolute atomic E-state index is 12.3. The van der Waals surface area contributed by atoms with Crippen LogP contribution in [0.5, 0.6) is 5.75 Å². The lowest BCUT2D eigenvalue weighted by molar-refractivity contribution is -0.131. The van der Waals surface area contributed by atoms with Gasteiger partial charge in [0.1, 0.15) is 11.4 Å². The fourth-order valence-corrected chi connectivity index (χ4v) is 3.17. The van der Waals surface area contributed by atoms with E-state index in [2.05, 4.69) is 10.3 Å². The van der Waals surface area contributed by atoms with E-state index in [0.29, 0.717) is 11.5 Å². The fraction of sp³-hybridized carbons (Fsp3) is 0.421. The second-order valence-electron chi connectivity index (χ2n) is 6.54. The van der Waals surface area contributed by atoms with Crippen molar-refractivity contribution in [3.05, 3.63) is 36.2 Å². The summed E-state index contributed by atoms with van der Waals surface area (Å²) in [5.74, 6) is 0.0420. The van der Waals surface area contributed by atoms with Gasteiger partial charge in [0.15, 0.2) is 11.5 Å². The van der Waals surface area contributed by atoms with Gasteiger partial charge < -0.3 is 19.7 Å². The molecule has 7 nitrogen and oxygen atoms in total. The molecule has 2 amide bonds. The smallest absolute Gasteiger partial charge is 0.287 e. The normalized spacial score (nSPS) is 14.8. The molecule has 138 valence electrons. The van der Waals surface area contributed by atoms with E-state index in [-0.39, 0.29) is 30.0 Å². The van der Waals surface area contributed by atoms with Gasteiger partial charge in [0.2, 0.25) is 5.91 Å². The number of aromatic hydroxyl groups is 1. The Morgan fingerprint density at radius 1 is 1.23 bits per heavy atom. The van der Waals surface area contributed by atoms with Gasteiger partial charge in [-0.3, -0.25) is 9.59 Å². The number of nitrogens with one attached hydrogen (secondary N) is 1. The summed E-state index contributed by atoms with van der Waals surface area (Å²) in [6, 6.07) is 6.52. The van der Waals surface area contributed by atoms with Gasteiger partial charge in [-0.05, 0) is 37.1 Å². The van der Waals surface area contributed by atoms with Crippen molar-refractivity contribution in [2.24, 2.45) is 0 Å². The Morgan fingerprint density at radius 3 is 2.69 bits per heavy atom. The minimum Gasteiger partial charge on any atom is -0.506 e. The number of amides is 2. The number of carbonyl (C=O) groups is 2. The van der Waals surface area contributed by atoms with E-state index >= 15 is 0 Å². The molecule has 26 heavy (non-hydrogen) atoms. The van der Waals surface area contributed by atoms with E-state index in [1.807, 2.05) is 0 Å². The molecule has 0 aromatic carbocycles. The van der Waals surface area contributed by atoms with Crippen molar-refractivity contribution in [3.8, 4) is 17.2 Å². The van der Waals surface area contributed by atoms with Gasteiger partial charge in [-0.15, -0.1) is 0 Å². The average molecular weight is 357 g/mol. The number of likely N-dealkylation sites (N-methyl/N-ethyl adjacent to an activating group) is 1. The van der Waals surface area contributed by atoms with Crippen LogP contribution in [0.3, 0.4) is 0 Å². The molecular weight excluding hydrogens is 334 g/mol. The van der Waals surface area contributed by atoms with E-state index in [4.69, 9.17) is 4.42 Å². The Kier molecular flexibility index (Phi) is 5.55. The number of hydrogen-bond donors (Lipinski definition) is 2. The maximum atomic E-state index is 12.3. The highest BCUT2D eigenvalue weighted by Gasteiger charge is 2.22. The Labute approximate surface area is 152 Å². The molecule has 1 saturated carbocycles. The number of hydrogen-bond acceptors (Lipinski definition) is 5. The van der Waals surface area contributed by atoms with Crippen LogP contribution < -0.4 is 5.32 Å². The van der Waals surface area contributed by atoms with Crippen LogP contribution in [-0.2, 0) is 4.79 Å². The molecule has 0 radical (unpaired) electrons. The third kappa shape index (κ3) is 4.22. The lowest BCUT2D eigenvalue weighted by atomic mass is 9.94. The van der Waals surface area contributed by atoms with Gasteiger partial charge in [-0.1, -0.05) is 19.3 Å². The van der Waals surface area contributed by atoms with Gasteiger partial charge in [0, 0.05) is 13.1 Å². The lowest BCUT2D eigenvalue weighted by Gasteiger charge is -2.31. The number of rotatable bonds is 5. The highest BCUT2D eigenvalue weighted by molar-refractivity contribution is 5.94. The molecule has 2 heterocycles. The number of aromatic nitrogens is 1. The molecule has 1 fully saturated rings. The van der Waals surface area contributed by atoms with Crippen LogP contribution in [0.4, 0.5) is 0 Å². The zero-order valence-electron chi connectivity index (χ0n) is 14.8. The summed E-state index contributed by atoms with van der Waals surface area (Å²) in [4.78, 5) is 30.3. The molecule has 2 N–H and O–H groups in total. The van der Waals surface area contributed by atoms with E-state index in [9.17, 15) is 14.7 Å². The van der Waals surface area contributed by atoms with Crippen LogP contribution in [0.1, 0.15) is 42.7 Å². The van der Waals surface area contributed by atoms with Crippen LogP contribution in [0, 0.1) is 0 Å². The monoisotopic (exact) mass is 357 g/mol. The zero-order chi connectivity index (χ0) is 18.5. The van der Waals surface area contributed by atoms with Crippen molar-refractivity contribution >= 4 is 11.8 Å². The highest BCUT2D eigenvalue weighted by Crippen LogP contribution is 2.22. The Bertz CT molecular complexity index is 763. The first-order chi connectivity index (χ1) is 12.5. The van der Waals surface area contributed by atoms with Gasteiger partial charge in [-0.2, -0.15) is 0 Å². The van der Waals surface area contributed by atoms with Gasteiger partial charge in [0.25, 0.3) is 5.91 Å². The van der Waals surface area contributed by atoms with Crippen molar-refractivity contribution in [2.75, 3.05) is 13.6 Å². The molecule has 0 spiro atoms. The summed E-state index contributed by atoms with van der Waals surface area (Å²) < 4.78 is 5.50. The van der Waals surface area contributed by atoms with Crippen molar-refractivity contribution in [3.63, 3.8) is 0 Å². The van der Waals surface area contributed by atoms with E-state index in [1.165, 1.54) is 24.8 Å². The number of furan rings is 1. The third-order valence-corrected chi connectivity index (χ3v) is 4.75. The van der Waals surface area contributed by atoms with Crippen molar-refractivity contribution in [1.29, 1.82) is 0 Å². The first kappa shape index (κ1) is 18.0. The quantitative estimate of drug-likeness (QED) is 0.857. The first-order valence-corrected chi connectivity index (χ1v) is 8.83. The maximum Gasteiger partial charge on any atom is 0.287 e. The molecule has 0 aliphatic heterocycles. The Morgan fingerprint density at radius 2 is 2.00 bits per heavy atom. The van der Waals surface area contributed by atoms with Crippen LogP contribution >= 0.6 is 0 Å². The standard InChI is InChI=1S/C19H23N3O4/c1-22(13-5-3-2-4-6-13)18(24)12-21-19(25)17-10-9-16(26-17)15-8-7-14(23)11-20-15/h7-11,13,23H,2-6,12H2,1H3,(H,21,25). The molecule has 0 unspecified atom stereocenters. The molecule has 0 saturated heterocycles. The predicted molar refractivity (Wildman–Crippen MR) is 95.6 cm³/mol. The van der Waals surface area contributed by atoms with Crippen LogP contribution in [0.25, 0.3) is 11.5 Å². The van der Waals surface area contributed by atoms with Crippen molar-refractivity contribution in [2.45, 2.75) is 38.1 Å². The second kappa shape index (κ2) is 8.03. The van der Waals surface area contributed by atoms with Crippen molar-refractivity contribution in [1.82, 2.24) is 15.2 Å². The summed E-state index contributed by atoms with van der Waals surface area (Å²) in [5.41, 5.74) is 0.509. The van der Waals surface area contributed by atoms with Crippen LogP contribution in [0.2, 0.25) is 0 Å². The Balaban J connectivity index is 1.55. The molecule has 1 aliphatic rings. The lowest BCUT2D eigenvalue weighted by Crippen LogP contribution is -2.44. The summed E-state index contributed by atoms with van der Waals surface area (Å²) >= 11 is 0. The average Bonchev–Trinajstić information content (AvgIpc) is 3.16. The predicted octanol–water partition coefficient (Wildman–Crippen LogP) is 2.57. The number of carbonyl (C=O) groups excluding carboxylic acids is 2. The topological polar surface area (TPSA) is 95.7 Å². The Hall–Kier alpha value is -2.83. The molecule has 1 aliphatic carbocycles. The van der Waals surface area contributed by atoms with E-state index in [0.717, 1.165) is 25.7 Å². The largest absolute Gasteiger partial charge is 0.506 e. The van der Waals surface area contributed by atoms with Crippen LogP contribution in [-0.4, -0.2) is 46.4 Å². The minimum absolute atomic E-state index is 0.0545. The van der Waals surface area contributed by atoms with Crippen molar-refractivity contribution < 1.29 is 19.1 Å². The first-order valence-electron chi connectivity index (χ1n) is 8.83. The zero-order valence-corrected chi connectivity index (χ0v) is 14.8. The summed E-state index contributed by atoms with van der Waals surface area (Å²) in [6.07, 6.45) is 6.88. The molecule has 0 bridgehead atoms. The highest BCUT2D eigenvalue weighted by atomic mass is 16.4. The summed E-state index contributed by atoms with van der Waals surface area (Å²) in [5, 5.41) is 11.9. The fourth-order valence-electron chi connectivity index (χ4n) is 3.17. The SMILES string of the molecule is CN(C(=O)CNC(=O)c1ccc(-c2ccc(O)cn2)o1)C1CCCCC1. The molecular formula is C19H23N3O4. The molecule has 7 heteroatoms. The molecule has 3 rings (SSSR count). The molecule has 0 atom stereocenters. The van der Waals surface area contributed by atoms with Crippen LogP contribution in [0.15, 0.2) is 34.9 Å². The van der Waals surface area contributed by atoms with E-state index < -0.39 is 5.91 Å². The molecule has 2 aromatic rings. The van der Waals surface area contributed by atoms with Gasteiger partial charge in [0.05, 0.1) is 12.7 Å². The third-order valence-electron chi connectivity index (χ3n) is 4.75. The molecule has 2 aromatic heterocycles. The van der Waals surface area contributed by atoms with Gasteiger partial charge in [-0.25, -0.2) is 4.98 Å². The number of pyridine rings is 1. The second-order valence-corrected chi connectivity index (χ2v) is 6.54. The van der Waals surface area contributed by atoms with E-state index in [1.54, 1.807) is 24.1 Å². The van der Waals surface area contributed by atoms with Gasteiger partial charge >= 0.3 is 0 Å². The summed E-state index contributed by atoms with van der Waals surface area (Å²) in [7, 11) is 1.80. The summed E-state index contributed by atoms with van der Waals surface area (Å²) in [6.45, 7) is -0.0562. The number of nitrogens with zero attached hydrogens (tertiary/aromatic N) is 2.